The Morgan fingerprint density at radius 2 is 2.10 bits per heavy atom. The van der Waals surface area contributed by atoms with Crippen LogP contribution < -0.4 is 0 Å². The van der Waals surface area contributed by atoms with Crippen LogP contribution in [0.25, 0.3) is 0 Å². The molecule has 2 rings (SSSR count). The molecule has 0 saturated carbocycles. The molecule has 1 aromatic heterocycles. The van der Waals surface area contributed by atoms with Crippen molar-refractivity contribution in [3.8, 4) is 6.07 Å². The molecule has 2 aromatic rings. The number of carbonyl (C=O) groups excluding carboxylic acids is 1. The Labute approximate surface area is 126 Å². The highest BCUT2D eigenvalue weighted by molar-refractivity contribution is 8.00. The summed E-state index contributed by atoms with van der Waals surface area (Å²) < 4.78 is 0. The van der Waals surface area contributed by atoms with Crippen LogP contribution in [0.3, 0.4) is 0 Å². The van der Waals surface area contributed by atoms with Crippen LogP contribution >= 0.6 is 23.1 Å². The van der Waals surface area contributed by atoms with Crippen molar-refractivity contribution in [1.82, 2.24) is 4.98 Å². The van der Waals surface area contributed by atoms with Crippen molar-refractivity contribution in [2.45, 2.75) is 24.7 Å². The number of nitriles is 1. The minimum Gasteiger partial charge on any atom is -0.297 e. The van der Waals surface area contributed by atoms with Crippen molar-refractivity contribution in [3.63, 3.8) is 0 Å². The second-order valence-corrected chi connectivity index (χ2v) is 6.40. The summed E-state index contributed by atoms with van der Waals surface area (Å²) in [5.74, 6) is -0.543. The zero-order chi connectivity index (χ0) is 14.5. The number of aryl methyl sites for hydroxylation is 2. The van der Waals surface area contributed by atoms with Gasteiger partial charge < -0.3 is 0 Å². The fourth-order valence-corrected chi connectivity index (χ4v) is 3.31. The van der Waals surface area contributed by atoms with Gasteiger partial charge in [-0.1, -0.05) is 17.7 Å². The zero-order valence-electron chi connectivity index (χ0n) is 11.3. The van der Waals surface area contributed by atoms with E-state index in [0.29, 0.717) is 10.8 Å². The highest BCUT2D eigenvalue weighted by atomic mass is 32.2. The largest absolute Gasteiger partial charge is 0.297 e. The van der Waals surface area contributed by atoms with E-state index in [4.69, 9.17) is 0 Å². The van der Waals surface area contributed by atoms with E-state index in [0.717, 1.165) is 10.6 Å². The van der Waals surface area contributed by atoms with E-state index < -0.39 is 5.92 Å². The van der Waals surface area contributed by atoms with Gasteiger partial charge in [0.05, 0.1) is 11.8 Å². The smallest absolute Gasteiger partial charge is 0.167 e. The molecule has 0 amide bonds. The van der Waals surface area contributed by atoms with Crippen LogP contribution in [-0.2, 0) is 4.79 Å². The van der Waals surface area contributed by atoms with Gasteiger partial charge in [-0.05, 0) is 26.0 Å². The van der Waals surface area contributed by atoms with Gasteiger partial charge in [-0.3, -0.25) is 4.79 Å². The van der Waals surface area contributed by atoms with Gasteiger partial charge in [0, 0.05) is 16.0 Å². The first-order chi connectivity index (χ1) is 9.60. The van der Waals surface area contributed by atoms with Crippen molar-refractivity contribution in [2.24, 2.45) is 0 Å². The summed E-state index contributed by atoms with van der Waals surface area (Å²) in [6.07, 6.45) is 0. The first kappa shape index (κ1) is 14.8. The maximum absolute atomic E-state index is 12.1. The Hall–Kier alpha value is -1.64. The molecule has 0 aliphatic heterocycles. The number of rotatable bonds is 5. The fourth-order valence-electron chi connectivity index (χ4n) is 1.64. The number of benzene rings is 1. The summed E-state index contributed by atoms with van der Waals surface area (Å²) in [6.45, 7) is 3.88. The molecule has 0 saturated heterocycles. The topological polar surface area (TPSA) is 53.8 Å². The lowest BCUT2D eigenvalue weighted by Gasteiger charge is -2.05. The summed E-state index contributed by atoms with van der Waals surface area (Å²) in [4.78, 5) is 17.4. The molecule has 5 heteroatoms. The van der Waals surface area contributed by atoms with E-state index in [2.05, 4.69) is 11.1 Å². The summed E-state index contributed by atoms with van der Waals surface area (Å²) in [5.41, 5.74) is 2.04. The van der Waals surface area contributed by atoms with Crippen LogP contribution in [0, 0.1) is 25.2 Å². The molecule has 102 valence electrons. The van der Waals surface area contributed by atoms with Crippen molar-refractivity contribution in [1.29, 1.82) is 5.26 Å². The molecule has 1 heterocycles. The molecule has 1 atom stereocenters. The molecular formula is C15H14N2OS2. The van der Waals surface area contributed by atoms with Gasteiger partial charge in [0.25, 0.3) is 0 Å². The van der Waals surface area contributed by atoms with E-state index >= 15 is 0 Å². The van der Waals surface area contributed by atoms with E-state index in [1.807, 2.05) is 43.5 Å². The number of hydrogen-bond acceptors (Lipinski definition) is 5. The molecule has 1 aromatic carbocycles. The first-order valence-corrected chi connectivity index (χ1v) is 8.00. The molecule has 0 aliphatic carbocycles. The quantitative estimate of drug-likeness (QED) is 0.790. The first-order valence-electron chi connectivity index (χ1n) is 6.14. The highest BCUT2D eigenvalue weighted by Crippen LogP contribution is 2.25. The third-order valence-corrected chi connectivity index (χ3v) is 4.80. The molecule has 0 aliphatic rings. The minimum atomic E-state index is -0.744. The van der Waals surface area contributed by atoms with Crippen LogP contribution in [0.4, 0.5) is 0 Å². The molecule has 0 bridgehead atoms. The van der Waals surface area contributed by atoms with Crippen molar-refractivity contribution < 1.29 is 4.79 Å². The predicted octanol–water partition coefficient (Wildman–Crippen LogP) is 3.73. The minimum absolute atomic E-state index is 0.0903. The number of nitrogens with zero attached hydrogens (tertiary/aromatic N) is 2. The van der Waals surface area contributed by atoms with Gasteiger partial charge in [-0.15, -0.1) is 23.1 Å². The Balaban J connectivity index is 2.00. The molecule has 0 radical (unpaired) electrons. The molecule has 20 heavy (non-hydrogen) atoms. The van der Waals surface area contributed by atoms with Gasteiger partial charge >= 0.3 is 0 Å². The normalized spacial score (nSPS) is 11.8. The van der Waals surface area contributed by atoms with Gasteiger partial charge in [-0.25, -0.2) is 4.98 Å². The monoisotopic (exact) mass is 302 g/mol. The van der Waals surface area contributed by atoms with Gasteiger partial charge in [0.15, 0.2) is 11.7 Å². The Kier molecular flexibility index (Phi) is 4.94. The standard InChI is InChI=1S/C15H14N2OS2/c1-10-3-5-12(6-4-10)19-9-14(18)13(7-16)15-17-11(2)8-20-15/h3-6,8,13H,9H2,1-2H3. The molecular weight excluding hydrogens is 288 g/mol. The summed E-state index contributed by atoms with van der Waals surface area (Å²) in [7, 11) is 0. The number of ketones is 1. The van der Waals surface area contributed by atoms with Crippen LogP contribution in [-0.4, -0.2) is 16.5 Å². The van der Waals surface area contributed by atoms with E-state index in [1.54, 1.807) is 0 Å². The van der Waals surface area contributed by atoms with Crippen LogP contribution in [0.15, 0.2) is 34.5 Å². The second kappa shape index (κ2) is 6.69. The fraction of sp³-hybridized carbons (Fsp3) is 0.267. The number of carbonyl (C=O) groups is 1. The Morgan fingerprint density at radius 1 is 1.40 bits per heavy atom. The molecule has 3 nitrogen and oxygen atoms in total. The number of thioether (sulfide) groups is 1. The van der Waals surface area contributed by atoms with Gasteiger partial charge in [-0.2, -0.15) is 5.26 Å². The van der Waals surface area contributed by atoms with Gasteiger partial charge in [0.2, 0.25) is 0 Å². The maximum Gasteiger partial charge on any atom is 0.167 e. The summed E-state index contributed by atoms with van der Waals surface area (Å²) in [5, 5.41) is 11.6. The number of Topliss-reactive ketones (excluding diaryl/α,β-unsaturated/α-hetero) is 1. The van der Waals surface area contributed by atoms with Gasteiger partial charge in [0.1, 0.15) is 5.01 Å². The van der Waals surface area contributed by atoms with Crippen molar-refractivity contribution in [3.05, 3.63) is 45.9 Å². The third-order valence-electron chi connectivity index (χ3n) is 2.74. The Bertz CT molecular complexity index is 641. The average Bonchev–Trinajstić information content (AvgIpc) is 2.85. The lowest BCUT2D eigenvalue weighted by molar-refractivity contribution is -0.116. The Morgan fingerprint density at radius 3 is 2.65 bits per heavy atom. The lowest BCUT2D eigenvalue weighted by Crippen LogP contribution is -2.13. The predicted molar refractivity (Wildman–Crippen MR) is 82.1 cm³/mol. The molecule has 0 spiro atoms. The van der Waals surface area contributed by atoms with Crippen LogP contribution in [0.5, 0.6) is 0 Å². The summed E-state index contributed by atoms with van der Waals surface area (Å²) >= 11 is 2.83. The SMILES string of the molecule is Cc1ccc(SCC(=O)C(C#N)c2nc(C)cs2)cc1. The molecule has 0 N–H and O–H groups in total. The highest BCUT2D eigenvalue weighted by Gasteiger charge is 2.23. The second-order valence-electron chi connectivity index (χ2n) is 4.46. The molecule has 1 unspecified atom stereocenters. The number of hydrogen-bond donors (Lipinski definition) is 0. The lowest BCUT2D eigenvalue weighted by atomic mass is 10.1. The van der Waals surface area contributed by atoms with Crippen LogP contribution in [0.1, 0.15) is 22.2 Å². The number of aromatic nitrogens is 1. The van der Waals surface area contributed by atoms with Crippen molar-refractivity contribution >= 4 is 28.9 Å². The molecule has 0 fully saturated rings. The average molecular weight is 302 g/mol. The zero-order valence-corrected chi connectivity index (χ0v) is 12.9. The van der Waals surface area contributed by atoms with E-state index in [-0.39, 0.29) is 5.78 Å². The van der Waals surface area contributed by atoms with Crippen LogP contribution in [0.2, 0.25) is 0 Å². The number of thiazole rings is 1. The van der Waals surface area contributed by atoms with Crippen molar-refractivity contribution in [2.75, 3.05) is 5.75 Å². The van der Waals surface area contributed by atoms with E-state index in [9.17, 15) is 10.1 Å². The van der Waals surface area contributed by atoms with E-state index in [1.165, 1.54) is 28.7 Å². The summed E-state index contributed by atoms with van der Waals surface area (Å²) in [6, 6.07) is 10.1. The maximum atomic E-state index is 12.1. The third kappa shape index (κ3) is 3.69.